The van der Waals surface area contributed by atoms with Gasteiger partial charge in [0.05, 0.1) is 13.2 Å². The van der Waals surface area contributed by atoms with Gasteiger partial charge in [-0.3, -0.25) is 9.59 Å². The second-order valence-corrected chi connectivity index (χ2v) is 26.4. The van der Waals surface area contributed by atoms with Crippen LogP contribution < -0.4 is 0 Å². The number of hydrogen-bond donors (Lipinski definition) is 2. The number of phenols is 2. The van der Waals surface area contributed by atoms with Gasteiger partial charge in [0, 0.05) is 12.8 Å². The lowest BCUT2D eigenvalue weighted by Gasteiger charge is -2.28. The highest BCUT2D eigenvalue weighted by molar-refractivity contribution is 5.70. The Bertz CT molecular complexity index is 1690. The van der Waals surface area contributed by atoms with E-state index in [2.05, 4.69) is 121 Å². The predicted molar refractivity (Wildman–Crippen MR) is 319 cm³/mol. The molecular weight excluding hydrogens is 913 g/mol. The second-order valence-electron chi connectivity index (χ2n) is 26.4. The molecule has 0 spiro atoms. The summed E-state index contributed by atoms with van der Waals surface area (Å²) in [5.74, 6) is 0.542. The van der Waals surface area contributed by atoms with Gasteiger partial charge < -0.3 is 19.7 Å². The van der Waals surface area contributed by atoms with Crippen LogP contribution in [0.4, 0.5) is 0 Å². The lowest BCUT2D eigenvalue weighted by molar-refractivity contribution is -0.144. The minimum Gasteiger partial charge on any atom is -0.507 e. The maximum atomic E-state index is 12.3. The number of unbranched alkanes of at least 4 members (excludes halogenated alkanes) is 28. The summed E-state index contributed by atoms with van der Waals surface area (Å²) in [6.07, 6.45) is 42.1. The van der Waals surface area contributed by atoms with Crippen molar-refractivity contribution in [1.82, 2.24) is 0 Å². The largest absolute Gasteiger partial charge is 0.507 e. The fourth-order valence-electron chi connectivity index (χ4n) is 9.92. The van der Waals surface area contributed by atoms with Crippen molar-refractivity contribution in [2.45, 2.75) is 337 Å². The molecule has 0 aromatic heterocycles. The summed E-state index contributed by atoms with van der Waals surface area (Å²) in [5.41, 5.74) is 5.34. The molecule has 0 aliphatic carbocycles. The van der Waals surface area contributed by atoms with E-state index in [1.807, 2.05) is 0 Å². The lowest BCUT2D eigenvalue weighted by Crippen LogP contribution is -2.18. The molecule has 0 radical (unpaired) electrons. The zero-order valence-electron chi connectivity index (χ0n) is 51.3. The van der Waals surface area contributed by atoms with E-state index in [4.69, 9.17) is 9.47 Å². The Morgan fingerprint density at radius 1 is 0.338 bits per heavy atom. The monoisotopic (exact) mass is 1030 g/mol. The SMILES string of the molecule is CCCCCCCCCCCCCCCCCCOC(=O)CCc1cc(C(C)(C)C)c(O)c(C(C)(C)C)c1.CCCCCCCCCCCCCCCCOC(=O)CCc1cc(C(C)(C)C)c(O)c(C(C)(C)C)c1. The van der Waals surface area contributed by atoms with E-state index in [0.717, 1.165) is 59.1 Å². The second kappa shape index (κ2) is 38.5. The molecule has 0 saturated heterocycles. The normalized spacial score (nSPS) is 12.2. The number of aromatic hydroxyl groups is 2. The summed E-state index contributed by atoms with van der Waals surface area (Å²) in [6, 6.07) is 8.25. The van der Waals surface area contributed by atoms with Crippen LogP contribution in [0.1, 0.15) is 336 Å². The average molecular weight is 1030 g/mol. The zero-order valence-corrected chi connectivity index (χ0v) is 51.3. The lowest BCUT2D eigenvalue weighted by atomic mass is 9.78. The van der Waals surface area contributed by atoms with Crippen molar-refractivity contribution in [2.75, 3.05) is 13.2 Å². The Balaban J connectivity index is 0.000000741. The summed E-state index contributed by atoms with van der Waals surface area (Å²) < 4.78 is 11.0. The summed E-state index contributed by atoms with van der Waals surface area (Å²) in [5, 5.41) is 21.8. The van der Waals surface area contributed by atoms with Gasteiger partial charge in [0.1, 0.15) is 11.5 Å². The van der Waals surface area contributed by atoms with Gasteiger partial charge >= 0.3 is 11.9 Å². The van der Waals surface area contributed by atoms with Crippen molar-refractivity contribution in [3.8, 4) is 11.5 Å². The molecule has 0 atom stereocenters. The van der Waals surface area contributed by atoms with Crippen LogP contribution in [0, 0.1) is 0 Å². The topological polar surface area (TPSA) is 93.1 Å². The van der Waals surface area contributed by atoms with Gasteiger partial charge in [0.15, 0.2) is 0 Å². The third-order valence-corrected chi connectivity index (χ3v) is 14.8. The van der Waals surface area contributed by atoms with Gasteiger partial charge in [0.2, 0.25) is 0 Å². The molecule has 0 bridgehead atoms. The molecule has 0 fully saturated rings. The summed E-state index contributed by atoms with van der Waals surface area (Å²) in [6.45, 7) is 31.0. The summed E-state index contributed by atoms with van der Waals surface area (Å²) in [7, 11) is 0. The van der Waals surface area contributed by atoms with Crippen molar-refractivity contribution < 1.29 is 29.3 Å². The first-order valence-corrected chi connectivity index (χ1v) is 31.0. The predicted octanol–water partition coefficient (Wildman–Crippen LogP) is 20.7. The number of hydrogen-bond acceptors (Lipinski definition) is 6. The molecule has 0 heterocycles. The molecule has 74 heavy (non-hydrogen) atoms. The molecule has 2 rings (SSSR count). The third-order valence-electron chi connectivity index (χ3n) is 14.8. The highest BCUT2D eigenvalue weighted by atomic mass is 16.5. The van der Waals surface area contributed by atoms with Gasteiger partial charge in [-0.05, 0) is 80.7 Å². The number of ether oxygens (including phenoxy) is 2. The Morgan fingerprint density at radius 2 is 0.527 bits per heavy atom. The number of carbonyl (C=O) groups excluding carboxylic acids is 2. The van der Waals surface area contributed by atoms with Crippen LogP contribution in [-0.2, 0) is 53.6 Å². The van der Waals surface area contributed by atoms with Crippen LogP contribution in [-0.4, -0.2) is 35.4 Å². The molecule has 2 N–H and O–H groups in total. The van der Waals surface area contributed by atoms with Crippen molar-refractivity contribution in [1.29, 1.82) is 0 Å². The van der Waals surface area contributed by atoms with Crippen LogP contribution >= 0.6 is 0 Å². The Kier molecular flexibility index (Phi) is 35.9. The molecule has 0 unspecified atom stereocenters. The zero-order chi connectivity index (χ0) is 55.5. The highest BCUT2D eigenvalue weighted by Crippen LogP contribution is 2.41. The van der Waals surface area contributed by atoms with Crippen LogP contribution in [0.3, 0.4) is 0 Å². The number of aryl methyl sites for hydroxylation is 2. The molecule has 428 valence electrons. The van der Waals surface area contributed by atoms with Crippen LogP contribution in [0.2, 0.25) is 0 Å². The van der Waals surface area contributed by atoms with Crippen LogP contribution in [0.15, 0.2) is 24.3 Å². The Labute approximate surface area is 458 Å². The Morgan fingerprint density at radius 3 is 0.716 bits per heavy atom. The average Bonchev–Trinajstić information content (AvgIpc) is 3.31. The van der Waals surface area contributed by atoms with E-state index in [1.54, 1.807) is 0 Å². The fraction of sp³-hybridized carbons (Fsp3) is 0.794. The Hall–Kier alpha value is -3.02. The molecule has 0 aliphatic heterocycles. The first-order chi connectivity index (χ1) is 34.9. The van der Waals surface area contributed by atoms with E-state index in [9.17, 15) is 19.8 Å². The molecule has 2 aromatic carbocycles. The number of benzene rings is 2. The standard InChI is InChI=1S/C35H62O3.C33H58O3/c1-8-9-10-11-12-13-14-15-16-17-18-19-20-21-22-23-26-38-32(36)25-24-29-27-30(34(2,3)4)33(37)31(28-29)35(5,6)7;1-8-9-10-11-12-13-14-15-16-17-18-19-20-21-24-36-30(34)23-22-27-25-28(32(2,3)4)31(35)29(26-27)33(5,6)7/h27-28,37H,8-26H2,1-7H3;25-26,35H,8-24H2,1-7H3. The maximum absolute atomic E-state index is 12.3. The number of phenolic OH excluding ortho intramolecular Hbond substituents is 2. The van der Waals surface area contributed by atoms with E-state index >= 15 is 0 Å². The van der Waals surface area contributed by atoms with Crippen molar-refractivity contribution in [2.24, 2.45) is 0 Å². The smallest absolute Gasteiger partial charge is 0.306 e. The van der Waals surface area contributed by atoms with Crippen molar-refractivity contribution in [3.63, 3.8) is 0 Å². The molecule has 6 heteroatoms. The molecule has 2 aromatic rings. The first-order valence-electron chi connectivity index (χ1n) is 31.0. The van der Waals surface area contributed by atoms with Crippen LogP contribution in [0.25, 0.3) is 0 Å². The maximum Gasteiger partial charge on any atom is 0.306 e. The van der Waals surface area contributed by atoms with E-state index in [-0.39, 0.29) is 33.6 Å². The molecule has 6 nitrogen and oxygen atoms in total. The number of carbonyl (C=O) groups is 2. The fourth-order valence-corrected chi connectivity index (χ4v) is 9.92. The van der Waals surface area contributed by atoms with Gasteiger partial charge in [0.25, 0.3) is 0 Å². The minimum absolute atomic E-state index is 0.117. The quantitative estimate of drug-likeness (QED) is 0.0514. The van der Waals surface area contributed by atoms with E-state index in [1.165, 1.54) is 167 Å². The third kappa shape index (κ3) is 32.5. The van der Waals surface area contributed by atoms with Gasteiger partial charge in [-0.25, -0.2) is 0 Å². The highest BCUT2D eigenvalue weighted by Gasteiger charge is 2.28. The van der Waals surface area contributed by atoms with Gasteiger partial charge in [-0.2, -0.15) is 0 Å². The van der Waals surface area contributed by atoms with E-state index < -0.39 is 0 Å². The molecule has 0 amide bonds. The summed E-state index contributed by atoms with van der Waals surface area (Å²) in [4.78, 5) is 24.6. The molecule has 0 saturated carbocycles. The van der Waals surface area contributed by atoms with E-state index in [0.29, 0.717) is 50.4 Å². The molecule has 0 aliphatic rings. The molecular formula is C68H120O6. The number of esters is 2. The van der Waals surface area contributed by atoms with Crippen molar-refractivity contribution >= 4 is 11.9 Å². The first kappa shape index (κ1) is 69.0. The van der Waals surface area contributed by atoms with Crippen molar-refractivity contribution in [3.05, 3.63) is 57.6 Å². The van der Waals surface area contributed by atoms with Gasteiger partial charge in [-0.1, -0.05) is 301 Å². The minimum atomic E-state index is -0.159. The van der Waals surface area contributed by atoms with Crippen LogP contribution in [0.5, 0.6) is 11.5 Å². The summed E-state index contributed by atoms with van der Waals surface area (Å²) >= 11 is 0. The van der Waals surface area contributed by atoms with Gasteiger partial charge in [-0.15, -0.1) is 0 Å². The number of rotatable bonds is 38.